The number of nitrogens with zero attached hydrogens (tertiary/aromatic N) is 4. The van der Waals surface area contributed by atoms with Crippen LogP contribution in [0.2, 0.25) is 0 Å². The first-order valence-corrected chi connectivity index (χ1v) is 7.92. The van der Waals surface area contributed by atoms with Gasteiger partial charge in [-0.1, -0.05) is 6.07 Å². The number of carbonyl (C=O) groups excluding carboxylic acids is 1. The van der Waals surface area contributed by atoms with E-state index >= 15 is 0 Å². The molecule has 10 heteroatoms. The molecule has 2 heterocycles. The van der Waals surface area contributed by atoms with Crippen molar-refractivity contribution in [3.8, 4) is 0 Å². The average Bonchev–Trinajstić information content (AvgIpc) is 2.99. The number of fused-ring (bicyclic) bond motifs is 1. The molecule has 0 aliphatic heterocycles. The molecule has 0 bridgehead atoms. The first-order chi connectivity index (χ1) is 12.6. The summed E-state index contributed by atoms with van der Waals surface area (Å²) in [6, 6.07) is 4.29. The number of alkyl halides is 3. The van der Waals surface area contributed by atoms with Gasteiger partial charge in [-0.05, 0) is 38.5 Å². The predicted octanol–water partition coefficient (Wildman–Crippen LogP) is 3.39. The molecular weight excluding hydrogens is 366 g/mol. The Balaban J connectivity index is 1.89. The van der Waals surface area contributed by atoms with Crippen LogP contribution in [0.5, 0.6) is 0 Å². The lowest BCUT2D eigenvalue weighted by Crippen LogP contribution is -2.18. The first kappa shape index (κ1) is 18.7. The first-order valence-electron chi connectivity index (χ1n) is 7.92. The third kappa shape index (κ3) is 3.74. The zero-order valence-electron chi connectivity index (χ0n) is 14.6. The second-order valence-electron chi connectivity index (χ2n) is 6.10. The van der Waals surface area contributed by atoms with Crippen molar-refractivity contribution < 1.29 is 22.4 Å². The fourth-order valence-corrected chi connectivity index (χ4v) is 2.62. The number of rotatable bonds is 3. The largest absolute Gasteiger partial charge is 0.453 e. The highest BCUT2D eigenvalue weighted by atomic mass is 19.4. The molecule has 2 aromatic heterocycles. The summed E-state index contributed by atoms with van der Waals surface area (Å²) in [6.45, 7) is 4.70. The molecule has 6 nitrogen and oxygen atoms in total. The number of benzene rings is 1. The summed E-state index contributed by atoms with van der Waals surface area (Å²) >= 11 is 0. The van der Waals surface area contributed by atoms with E-state index in [2.05, 4.69) is 20.4 Å². The Morgan fingerprint density at radius 3 is 2.52 bits per heavy atom. The Morgan fingerprint density at radius 1 is 1.19 bits per heavy atom. The maximum Gasteiger partial charge on any atom is 0.453 e. The van der Waals surface area contributed by atoms with Crippen molar-refractivity contribution in [2.45, 2.75) is 33.4 Å². The van der Waals surface area contributed by atoms with Crippen molar-refractivity contribution in [1.82, 2.24) is 19.6 Å². The number of carbonyl (C=O) groups is 1. The van der Waals surface area contributed by atoms with Gasteiger partial charge in [-0.15, -0.1) is 5.10 Å². The standard InChI is InChI=1S/C17H15F4N5O/c1-8-4-5-11(6-13(8)18)23-14(27)7-12-9(2)22-16-24-15(17(19,20)21)25-26(16)10(12)3/h4-6H,7H2,1-3H3,(H,23,27). The van der Waals surface area contributed by atoms with Crippen LogP contribution in [-0.4, -0.2) is 25.5 Å². The number of hydrogen-bond acceptors (Lipinski definition) is 4. The lowest BCUT2D eigenvalue weighted by Gasteiger charge is -2.11. The van der Waals surface area contributed by atoms with Crippen molar-refractivity contribution in [2.24, 2.45) is 0 Å². The lowest BCUT2D eigenvalue weighted by atomic mass is 10.1. The van der Waals surface area contributed by atoms with Crippen LogP contribution in [0.1, 0.15) is 28.3 Å². The van der Waals surface area contributed by atoms with E-state index in [-0.39, 0.29) is 17.9 Å². The van der Waals surface area contributed by atoms with E-state index in [1.165, 1.54) is 19.1 Å². The van der Waals surface area contributed by atoms with E-state index in [0.717, 1.165) is 4.52 Å². The topological polar surface area (TPSA) is 72.2 Å². The van der Waals surface area contributed by atoms with Crippen LogP contribution < -0.4 is 5.32 Å². The van der Waals surface area contributed by atoms with Crippen LogP contribution in [0.15, 0.2) is 18.2 Å². The minimum atomic E-state index is -4.69. The highest BCUT2D eigenvalue weighted by molar-refractivity contribution is 5.92. The molecule has 27 heavy (non-hydrogen) atoms. The molecule has 0 fully saturated rings. The van der Waals surface area contributed by atoms with Gasteiger partial charge >= 0.3 is 6.18 Å². The minimum absolute atomic E-state index is 0.155. The molecule has 3 rings (SSSR count). The molecule has 142 valence electrons. The number of aryl methyl sites for hydroxylation is 3. The van der Waals surface area contributed by atoms with Gasteiger partial charge in [0, 0.05) is 22.6 Å². The third-order valence-corrected chi connectivity index (χ3v) is 4.10. The van der Waals surface area contributed by atoms with Crippen LogP contribution in [0, 0.1) is 26.6 Å². The summed E-state index contributed by atoms with van der Waals surface area (Å²) < 4.78 is 53.0. The van der Waals surface area contributed by atoms with Gasteiger partial charge < -0.3 is 5.32 Å². The summed E-state index contributed by atoms with van der Waals surface area (Å²) in [7, 11) is 0. The fourth-order valence-electron chi connectivity index (χ4n) is 2.62. The number of nitrogens with one attached hydrogen (secondary N) is 1. The molecule has 0 aliphatic carbocycles. The van der Waals surface area contributed by atoms with Crippen LogP contribution in [-0.2, 0) is 17.4 Å². The molecule has 0 aliphatic rings. The Hall–Kier alpha value is -3.04. The molecule has 0 saturated carbocycles. The number of amides is 1. The number of hydrogen-bond donors (Lipinski definition) is 1. The van der Waals surface area contributed by atoms with Crippen molar-refractivity contribution in [1.29, 1.82) is 0 Å². The Labute approximate surface area is 151 Å². The molecular formula is C17H15F4N5O. The van der Waals surface area contributed by atoms with Crippen molar-refractivity contribution in [2.75, 3.05) is 5.32 Å². The van der Waals surface area contributed by atoms with Crippen molar-refractivity contribution in [3.05, 3.63) is 52.4 Å². The van der Waals surface area contributed by atoms with Gasteiger partial charge in [-0.2, -0.15) is 18.2 Å². The summed E-state index contributed by atoms with van der Waals surface area (Å²) in [5.41, 5.74) is 1.84. The van der Waals surface area contributed by atoms with Gasteiger partial charge in [0.1, 0.15) is 5.82 Å². The van der Waals surface area contributed by atoms with Crippen LogP contribution in [0.4, 0.5) is 23.2 Å². The monoisotopic (exact) mass is 381 g/mol. The number of halogens is 4. The van der Waals surface area contributed by atoms with Gasteiger partial charge in [0.15, 0.2) is 0 Å². The maximum absolute atomic E-state index is 13.6. The van der Waals surface area contributed by atoms with Gasteiger partial charge in [-0.3, -0.25) is 4.79 Å². The van der Waals surface area contributed by atoms with Gasteiger partial charge in [0.2, 0.25) is 5.91 Å². The van der Waals surface area contributed by atoms with E-state index in [9.17, 15) is 22.4 Å². The van der Waals surface area contributed by atoms with Gasteiger partial charge in [0.25, 0.3) is 11.6 Å². The maximum atomic E-state index is 13.6. The molecule has 0 saturated heterocycles. The Morgan fingerprint density at radius 2 is 1.89 bits per heavy atom. The molecule has 0 atom stereocenters. The molecule has 1 N–H and O–H groups in total. The van der Waals surface area contributed by atoms with Crippen LogP contribution >= 0.6 is 0 Å². The van der Waals surface area contributed by atoms with Crippen LogP contribution in [0.3, 0.4) is 0 Å². The lowest BCUT2D eigenvalue weighted by molar-refractivity contribution is -0.144. The van der Waals surface area contributed by atoms with E-state index in [0.29, 0.717) is 22.5 Å². The summed E-state index contributed by atoms with van der Waals surface area (Å²) in [4.78, 5) is 19.7. The molecule has 3 aromatic rings. The van der Waals surface area contributed by atoms with Crippen molar-refractivity contribution >= 4 is 17.4 Å². The number of anilines is 1. The highest BCUT2D eigenvalue weighted by Crippen LogP contribution is 2.27. The normalized spacial score (nSPS) is 11.8. The predicted molar refractivity (Wildman–Crippen MR) is 88.7 cm³/mol. The Bertz CT molecular complexity index is 1040. The van der Waals surface area contributed by atoms with Gasteiger partial charge in [-0.25, -0.2) is 13.9 Å². The quantitative estimate of drug-likeness (QED) is 0.706. The Kier molecular flexibility index (Phi) is 4.58. The molecule has 0 radical (unpaired) electrons. The smallest absolute Gasteiger partial charge is 0.326 e. The van der Waals surface area contributed by atoms with Crippen LogP contribution in [0.25, 0.3) is 5.78 Å². The number of aromatic nitrogens is 4. The SMILES string of the molecule is Cc1ccc(NC(=O)Cc2c(C)nc3nc(C(F)(F)F)nn3c2C)cc1F. The summed E-state index contributed by atoms with van der Waals surface area (Å²) in [5, 5.41) is 5.99. The zero-order chi connectivity index (χ0) is 19.9. The second kappa shape index (κ2) is 6.60. The van der Waals surface area contributed by atoms with E-state index < -0.39 is 23.7 Å². The summed E-state index contributed by atoms with van der Waals surface area (Å²) in [5.74, 6) is -2.40. The molecule has 0 unspecified atom stereocenters. The second-order valence-corrected chi connectivity index (χ2v) is 6.10. The van der Waals surface area contributed by atoms with Crippen molar-refractivity contribution in [3.63, 3.8) is 0 Å². The zero-order valence-corrected chi connectivity index (χ0v) is 14.6. The fraction of sp³-hybridized carbons (Fsp3) is 0.294. The van der Waals surface area contributed by atoms with E-state index in [1.54, 1.807) is 19.9 Å². The van der Waals surface area contributed by atoms with Gasteiger partial charge in [0.05, 0.1) is 6.42 Å². The summed E-state index contributed by atoms with van der Waals surface area (Å²) in [6.07, 6.45) is -4.85. The van der Waals surface area contributed by atoms with E-state index in [4.69, 9.17) is 0 Å². The molecule has 0 spiro atoms. The molecule has 1 amide bonds. The molecule has 1 aromatic carbocycles. The average molecular weight is 381 g/mol. The minimum Gasteiger partial charge on any atom is -0.326 e. The third-order valence-electron chi connectivity index (χ3n) is 4.10. The highest BCUT2D eigenvalue weighted by Gasteiger charge is 2.37. The van der Waals surface area contributed by atoms with E-state index in [1.807, 2.05) is 0 Å².